The number of aromatic nitrogens is 1. The number of likely N-dealkylation sites (tertiary alicyclic amines) is 1. The van der Waals surface area contributed by atoms with E-state index in [0.29, 0.717) is 19.6 Å². The van der Waals surface area contributed by atoms with Gasteiger partial charge in [0, 0.05) is 24.7 Å². The molecule has 2 fully saturated rings. The second-order valence-corrected chi connectivity index (χ2v) is 7.98. The Balaban J connectivity index is 0.000000360. The van der Waals surface area contributed by atoms with Crippen LogP contribution in [0.4, 0.5) is 17.6 Å². The van der Waals surface area contributed by atoms with Crippen molar-refractivity contribution in [3.8, 4) is 5.88 Å². The van der Waals surface area contributed by atoms with Crippen LogP contribution in [0.2, 0.25) is 0 Å². The number of amides is 1. The van der Waals surface area contributed by atoms with Crippen LogP contribution in [0.15, 0.2) is 30.0 Å². The summed E-state index contributed by atoms with van der Waals surface area (Å²) in [5.41, 5.74) is 0.571. The summed E-state index contributed by atoms with van der Waals surface area (Å²) in [5.74, 6) is -3.04. The molecule has 1 aromatic heterocycles. The minimum absolute atomic E-state index is 0.0213. The molecule has 3 heterocycles. The molecule has 0 unspecified atom stereocenters. The number of rotatable bonds is 3. The lowest BCUT2D eigenvalue weighted by atomic mass is 9.89. The number of carboxylic acid groups (broad SMARTS) is 1. The fraction of sp³-hybridized carbons (Fsp3) is 0.571. The summed E-state index contributed by atoms with van der Waals surface area (Å²) < 4.78 is 57.2. The number of carbonyl (C=O) groups is 2. The fourth-order valence-electron chi connectivity index (χ4n) is 4.12. The minimum atomic E-state index is -5.08. The Morgan fingerprint density at radius 2 is 2.06 bits per heavy atom. The summed E-state index contributed by atoms with van der Waals surface area (Å²) in [7, 11) is 0. The van der Waals surface area contributed by atoms with Gasteiger partial charge in [0.2, 0.25) is 5.91 Å². The van der Waals surface area contributed by atoms with E-state index in [4.69, 9.17) is 19.4 Å². The van der Waals surface area contributed by atoms with Crippen LogP contribution in [0.1, 0.15) is 38.5 Å². The van der Waals surface area contributed by atoms with Crippen molar-refractivity contribution < 1.29 is 41.7 Å². The Morgan fingerprint density at radius 3 is 2.69 bits per heavy atom. The van der Waals surface area contributed by atoms with Gasteiger partial charge in [-0.1, -0.05) is 6.08 Å². The molecule has 3 aliphatic rings. The maximum absolute atomic E-state index is 13.7. The first kappa shape index (κ1) is 24.0. The van der Waals surface area contributed by atoms with Crippen LogP contribution >= 0.6 is 0 Å². The fourth-order valence-corrected chi connectivity index (χ4v) is 4.12. The van der Waals surface area contributed by atoms with Gasteiger partial charge >= 0.3 is 12.1 Å². The molecule has 0 radical (unpaired) electrons. The summed E-state index contributed by atoms with van der Waals surface area (Å²) >= 11 is 0. The van der Waals surface area contributed by atoms with E-state index in [2.05, 4.69) is 11.1 Å². The van der Waals surface area contributed by atoms with Crippen molar-refractivity contribution in [2.45, 2.75) is 56.4 Å². The molecular weight excluding hydrogens is 436 g/mol. The van der Waals surface area contributed by atoms with Crippen LogP contribution < -0.4 is 4.74 Å². The number of carbonyl (C=O) groups excluding carboxylic acids is 1. The van der Waals surface area contributed by atoms with Gasteiger partial charge in [-0.3, -0.25) is 4.79 Å². The largest absolute Gasteiger partial charge is 0.490 e. The van der Waals surface area contributed by atoms with Crippen LogP contribution in [0, 0.1) is 5.82 Å². The predicted octanol–water partition coefficient (Wildman–Crippen LogP) is 3.49. The Morgan fingerprint density at radius 1 is 1.31 bits per heavy atom. The smallest absolute Gasteiger partial charge is 0.475 e. The lowest BCUT2D eigenvalue weighted by molar-refractivity contribution is -0.192. The average molecular weight is 460 g/mol. The number of halogens is 4. The molecule has 2 aliphatic heterocycles. The van der Waals surface area contributed by atoms with Crippen molar-refractivity contribution in [2.24, 2.45) is 0 Å². The number of piperidine rings is 1. The van der Waals surface area contributed by atoms with E-state index in [1.165, 1.54) is 18.3 Å². The molecule has 2 saturated heterocycles. The zero-order valence-corrected chi connectivity index (χ0v) is 17.2. The molecule has 1 spiro atoms. The van der Waals surface area contributed by atoms with Gasteiger partial charge in [-0.25, -0.2) is 14.2 Å². The SMILES string of the molecule is O=C(C1=CCCC1)N1CCC[C@]2(C[C@@H](Oc3ncccc3F)CO2)C1.O=C(O)C(F)(F)F. The zero-order chi connectivity index (χ0) is 23.4. The molecule has 4 rings (SSSR count). The summed E-state index contributed by atoms with van der Waals surface area (Å²) in [6.07, 6.45) is 3.70. The summed E-state index contributed by atoms with van der Waals surface area (Å²) in [6, 6.07) is 2.88. The van der Waals surface area contributed by atoms with Crippen LogP contribution in [-0.2, 0) is 14.3 Å². The number of aliphatic carboxylic acids is 1. The molecule has 176 valence electrons. The summed E-state index contributed by atoms with van der Waals surface area (Å²) in [5, 5.41) is 7.12. The van der Waals surface area contributed by atoms with Gasteiger partial charge in [0.25, 0.3) is 5.88 Å². The summed E-state index contributed by atoms with van der Waals surface area (Å²) in [4.78, 5) is 27.4. The highest BCUT2D eigenvalue weighted by molar-refractivity contribution is 5.93. The van der Waals surface area contributed by atoms with Crippen molar-refractivity contribution in [1.82, 2.24) is 9.88 Å². The number of ether oxygens (including phenoxy) is 2. The highest BCUT2D eigenvalue weighted by Crippen LogP contribution is 2.37. The number of alkyl halides is 3. The molecule has 7 nitrogen and oxygen atoms in total. The second kappa shape index (κ2) is 9.85. The molecule has 1 aromatic rings. The van der Waals surface area contributed by atoms with E-state index in [9.17, 15) is 22.4 Å². The molecule has 0 bridgehead atoms. The van der Waals surface area contributed by atoms with Crippen molar-refractivity contribution in [2.75, 3.05) is 19.7 Å². The van der Waals surface area contributed by atoms with Crippen LogP contribution in [0.25, 0.3) is 0 Å². The Kier molecular flexibility index (Phi) is 7.37. The van der Waals surface area contributed by atoms with Gasteiger partial charge < -0.3 is 19.5 Å². The molecule has 0 aromatic carbocycles. The third kappa shape index (κ3) is 5.96. The van der Waals surface area contributed by atoms with Gasteiger partial charge in [-0.05, 0) is 44.2 Å². The number of hydrogen-bond donors (Lipinski definition) is 1. The number of carboxylic acids is 1. The summed E-state index contributed by atoms with van der Waals surface area (Å²) in [6.45, 7) is 1.77. The maximum Gasteiger partial charge on any atom is 0.490 e. The molecule has 1 aliphatic carbocycles. The first-order valence-corrected chi connectivity index (χ1v) is 10.3. The van der Waals surface area contributed by atoms with E-state index in [1.54, 1.807) is 0 Å². The number of pyridine rings is 1. The van der Waals surface area contributed by atoms with Gasteiger partial charge in [-0.2, -0.15) is 13.2 Å². The van der Waals surface area contributed by atoms with Crippen molar-refractivity contribution in [3.63, 3.8) is 0 Å². The molecule has 11 heteroatoms. The lowest BCUT2D eigenvalue weighted by Crippen LogP contribution is -2.50. The lowest BCUT2D eigenvalue weighted by Gasteiger charge is -2.39. The molecule has 1 N–H and O–H groups in total. The van der Waals surface area contributed by atoms with E-state index in [1.807, 2.05) is 4.90 Å². The highest BCUT2D eigenvalue weighted by atomic mass is 19.4. The molecular formula is C21H24F4N2O5. The van der Waals surface area contributed by atoms with E-state index in [-0.39, 0.29) is 23.5 Å². The Bertz CT molecular complexity index is 876. The number of nitrogens with zero attached hydrogens (tertiary/aromatic N) is 2. The second-order valence-electron chi connectivity index (χ2n) is 7.98. The van der Waals surface area contributed by atoms with Crippen LogP contribution in [-0.4, -0.2) is 64.4 Å². The average Bonchev–Trinajstić information content (AvgIpc) is 3.40. The van der Waals surface area contributed by atoms with E-state index >= 15 is 0 Å². The maximum atomic E-state index is 13.7. The normalized spacial score (nSPS) is 25.2. The number of hydrogen-bond acceptors (Lipinski definition) is 5. The quantitative estimate of drug-likeness (QED) is 0.695. The topological polar surface area (TPSA) is 89.0 Å². The van der Waals surface area contributed by atoms with Gasteiger partial charge in [-0.15, -0.1) is 0 Å². The molecule has 1 amide bonds. The van der Waals surface area contributed by atoms with Crippen molar-refractivity contribution in [3.05, 3.63) is 35.8 Å². The van der Waals surface area contributed by atoms with Crippen molar-refractivity contribution in [1.29, 1.82) is 0 Å². The third-order valence-electron chi connectivity index (χ3n) is 5.56. The predicted molar refractivity (Wildman–Crippen MR) is 103 cm³/mol. The monoisotopic (exact) mass is 460 g/mol. The molecule has 0 saturated carbocycles. The van der Waals surface area contributed by atoms with Crippen molar-refractivity contribution >= 4 is 11.9 Å². The number of allylic oxidation sites excluding steroid dienone is 1. The van der Waals surface area contributed by atoms with Gasteiger partial charge in [0.05, 0.1) is 18.8 Å². The van der Waals surface area contributed by atoms with E-state index in [0.717, 1.165) is 44.2 Å². The minimum Gasteiger partial charge on any atom is -0.475 e. The molecule has 2 atom stereocenters. The van der Waals surface area contributed by atoms with Gasteiger partial charge in [0.15, 0.2) is 5.82 Å². The highest BCUT2D eigenvalue weighted by Gasteiger charge is 2.46. The first-order chi connectivity index (χ1) is 15.1. The molecule has 32 heavy (non-hydrogen) atoms. The van der Waals surface area contributed by atoms with Gasteiger partial charge in [0.1, 0.15) is 6.10 Å². The zero-order valence-electron chi connectivity index (χ0n) is 17.2. The standard InChI is InChI=1S/C19H23FN2O3.C2HF3O2/c20-16-7-3-9-21-17(16)25-15-11-19(24-12-15)8-4-10-22(13-19)18(23)14-5-1-2-6-14;3-2(4,5)1(6)7/h3,5,7,9,15H,1-2,4,6,8,10-13H2;(H,6,7)/t15-,19+;/m1./s1. The van der Waals surface area contributed by atoms with Crippen LogP contribution in [0.5, 0.6) is 5.88 Å². The third-order valence-corrected chi connectivity index (χ3v) is 5.56. The Labute approximate surface area is 182 Å². The Hall–Kier alpha value is -2.69. The van der Waals surface area contributed by atoms with Crippen LogP contribution in [0.3, 0.4) is 0 Å². The first-order valence-electron chi connectivity index (χ1n) is 10.3. The van der Waals surface area contributed by atoms with E-state index < -0.39 is 18.0 Å².